The van der Waals surface area contributed by atoms with E-state index in [9.17, 15) is 0 Å². The van der Waals surface area contributed by atoms with Crippen LogP contribution in [0.25, 0.3) is 5.57 Å². The van der Waals surface area contributed by atoms with Crippen molar-refractivity contribution >= 4 is 5.57 Å². The van der Waals surface area contributed by atoms with Gasteiger partial charge in [0.15, 0.2) is 0 Å². The Hall–Kier alpha value is -2.13. The van der Waals surface area contributed by atoms with E-state index in [1.807, 2.05) is 30.5 Å². The Morgan fingerprint density at radius 3 is 2.06 bits per heavy atom. The summed E-state index contributed by atoms with van der Waals surface area (Å²) in [5.41, 5.74) is 8.58. The van der Waals surface area contributed by atoms with Crippen LogP contribution in [0.3, 0.4) is 0 Å². The minimum Gasteiger partial charge on any atom is -0.328 e. The zero-order valence-electron chi connectivity index (χ0n) is 9.51. The van der Waals surface area contributed by atoms with Crippen molar-refractivity contribution in [2.24, 2.45) is 0 Å². The van der Waals surface area contributed by atoms with Gasteiger partial charge in [0.25, 0.3) is 0 Å². The van der Waals surface area contributed by atoms with Gasteiger partial charge in [0.05, 0.1) is 0 Å². The van der Waals surface area contributed by atoms with Gasteiger partial charge in [-0.15, -0.1) is 0 Å². The van der Waals surface area contributed by atoms with Crippen molar-refractivity contribution in [2.45, 2.75) is 0 Å². The molecule has 2 heterocycles. The van der Waals surface area contributed by atoms with E-state index in [1.165, 1.54) is 11.1 Å². The maximum Gasteiger partial charge on any atom is 0.0419 e. The van der Waals surface area contributed by atoms with Gasteiger partial charge >= 0.3 is 0 Å². The molecule has 1 aliphatic heterocycles. The maximum atomic E-state index is 3.78. The van der Waals surface area contributed by atoms with E-state index in [4.69, 9.17) is 0 Å². The number of hydrazine groups is 1. The molecule has 0 bridgehead atoms. The van der Waals surface area contributed by atoms with Crippen LogP contribution in [0.1, 0.15) is 5.56 Å². The molecule has 1 aromatic heterocycles. The van der Waals surface area contributed by atoms with Crippen molar-refractivity contribution in [1.29, 1.82) is 0 Å². The Morgan fingerprint density at radius 1 is 0.882 bits per heavy atom. The van der Waals surface area contributed by atoms with E-state index in [-0.39, 0.29) is 0 Å². The molecule has 0 unspecified atom stereocenters. The first-order valence-corrected chi connectivity index (χ1v) is 5.54. The average Bonchev–Trinajstić information content (AvgIpc) is 2.96. The Kier molecular flexibility index (Phi) is 4.31. The van der Waals surface area contributed by atoms with Gasteiger partial charge in [0, 0.05) is 25.1 Å². The van der Waals surface area contributed by atoms with Gasteiger partial charge < -0.3 is 5.43 Å². The molecule has 2 N–H and O–H groups in total. The smallest absolute Gasteiger partial charge is 0.0419 e. The minimum absolute atomic E-state index is 0.907. The molecule has 0 saturated carbocycles. The second kappa shape index (κ2) is 6.45. The molecule has 3 nitrogen and oxygen atoms in total. The zero-order chi connectivity index (χ0) is 11.8. The summed E-state index contributed by atoms with van der Waals surface area (Å²) < 4.78 is 0. The Labute approximate surface area is 101 Å². The highest BCUT2D eigenvalue weighted by atomic mass is 15.4. The van der Waals surface area contributed by atoms with Gasteiger partial charge in [-0.05, 0) is 23.3 Å². The summed E-state index contributed by atoms with van der Waals surface area (Å²) in [6, 6.07) is 16.1. The van der Waals surface area contributed by atoms with E-state index < -0.39 is 0 Å². The fourth-order valence-corrected chi connectivity index (χ4v) is 1.49. The third-order valence-corrected chi connectivity index (χ3v) is 2.34. The monoisotopic (exact) mass is 225 g/mol. The van der Waals surface area contributed by atoms with Crippen LogP contribution in [-0.4, -0.2) is 11.5 Å². The third kappa shape index (κ3) is 3.74. The second-order valence-corrected chi connectivity index (χ2v) is 3.56. The summed E-state index contributed by atoms with van der Waals surface area (Å²) in [5.74, 6) is 0. The number of rotatable bonds is 1. The Balaban J connectivity index is 0.000000153. The number of nitrogens with one attached hydrogen (secondary N) is 2. The summed E-state index contributed by atoms with van der Waals surface area (Å²) in [6.07, 6.45) is 5.50. The molecule has 2 aromatic rings. The van der Waals surface area contributed by atoms with Crippen LogP contribution in [0.4, 0.5) is 0 Å². The molecule has 86 valence electrons. The normalized spacial score (nSPS) is 13.1. The molecular formula is C14H15N3. The topological polar surface area (TPSA) is 37.0 Å². The predicted octanol–water partition coefficient (Wildman–Crippen LogP) is 2.22. The Morgan fingerprint density at radius 2 is 1.59 bits per heavy atom. The lowest BCUT2D eigenvalue weighted by Crippen LogP contribution is -2.20. The predicted molar refractivity (Wildman–Crippen MR) is 69.8 cm³/mol. The van der Waals surface area contributed by atoms with Crippen molar-refractivity contribution in [3.63, 3.8) is 0 Å². The van der Waals surface area contributed by atoms with Crippen LogP contribution >= 0.6 is 0 Å². The number of pyridine rings is 1. The lowest BCUT2D eigenvalue weighted by molar-refractivity contribution is 0.729. The molecule has 3 rings (SSSR count). The second-order valence-electron chi connectivity index (χ2n) is 3.56. The highest BCUT2D eigenvalue weighted by molar-refractivity contribution is 5.67. The van der Waals surface area contributed by atoms with Gasteiger partial charge in [-0.2, -0.15) is 0 Å². The molecule has 17 heavy (non-hydrogen) atoms. The number of hydrogen-bond acceptors (Lipinski definition) is 3. The summed E-state index contributed by atoms with van der Waals surface area (Å²) >= 11 is 0. The molecule has 0 aliphatic carbocycles. The molecular weight excluding hydrogens is 210 g/mol. The molecule has 0 fully saturated rings. The first kappa shape index (κ1) is 11.4. The summed E-state index contributed by atoms with van der Waals surface area (Å²) in [6.45, 7) is 0.907. The van der Waals surface area contributed by atoms with Gasteiger partial charge in [-0.1, -0.05) is 36.4 Å². The first-order valence-electron chi connectivity index (χ1n) is 5.54. The van der Waals surface area contributed by atoms with E-state index >= 15 is 0 Å². The molecule has 1 aromatic carbocycles. The lowest BCUT2D eigenvalue weighted by atomic mass is 10.1. The summed E-state index contributed by atoms with van der Waals surface area (Å²) in [4.78, 5) is 3.78. The van der Waals surface area contributed by atoms with Crippen molar-refractivity contribution in [3.8, 4) is 0 Å². The largest absolute Gasteiger partial charge is 0.328 e. The van der Waals surface area contributed by atoms with Crippen molar-refractivity contribution in [1.82, 2.24) is 15.8 Å². The maximum absolute atomic E-state index is 3.78. The van der Waals surface area contributed by atoms with Crippen LogP contribution < -0.4 is 10.9 Å². The fraction of sp³-hybridized carbons (Fsp3) is 0.0714. The highest BCUT2D eigenvalue weighted by Crippen LogP contribution is 2.13. The van der Waals surface area contributed by atoms with Gasteiger partial charge in [-0.3, -0.25) is 4.98 Å². The lowest BCUT2D eigenvalue weighted by Gasteiger charge is -1.97. The molecule has 0 atom stereocenters. The van der Waals surface area contributed by atoms with E-state index in [1.54, 1.807) is 12.4 Å². The SMILES string of the molecule is C1=C(c2ccccc2)CNN1.c1ccncc1. The van der Waals surface area contributed by atoms with Crippen LogP contribution in [0, 0.1) is 0 Å². The van der Waals surface area contributed by atoms with Crippen LogP contribution in [0.5, 0.6) is 0 Å². The summed E-state index contributed by atoms with van der Waals surface area (Å²) in [5, 5.41) is 0. The van der Waals surface area contributed by atoms with Crippen LogP contribution in [0.15, 0.2) is 67.1 Å². The number of aromatic nitrogens is 1. The quantitative estimate of drug-likeness (QED) is 0.781. The number of benzene rings is 1. The molecule has 3 heteroatoms. The first-order chi connectivity index (χ1) is 8.47. The highest BCUT2D eigenvalue weighted by Gasteiger charge is 2.03. The van der Waals surface area contributed by atoms with Gasteiger partial charge in [-0.25, -0.2) is 5.43 Å². The van der Waals surface area contributed by atoms with Gasteiger partial charge in [0.2, 0.25) is 0 Å². The third-order valence-electron chi connectivity index (χ3n) is 2.34. The van der Waals surface area contributed by atoms with Crippen LogP contribution in [0.2, 0.25) is 0 Å². The Bertz CT molecular complexity index is 425. The average molecular weight is 225 g/mol. The molecule has 1 aliphatic rings. The standard InChI is InChI=1S/C9H10N2.C5H5N/c1-2-4-8(5-3-1)9-6-10-11-7-9;1-2-4-6-5-3-1/h1-6,10-11H,7H2;1-5H. The van der Waals surface area contributed by atoms with Gasteiger partial charge in [0.1, 0.15) is 0 Å². The van der Waals surface area contributed by atoms with Crippen molar-refractivity contribution < 1.29 is 0 Å². The molecule has 0 spiro atoms. The number of nitrogens with zero attached hydrogens (tertiary/aromatic N) is 1. The number of hydrogen-bond donors (Lipinski definition) is 2. The van der Waals surface area contributed by atoms with Crippen molar-refractivity contribution in [3.05, 3.63) is 72.7 Å². The van der Waals surface area contributed by atoms with Crippen molar-refractivity contribution in [2.75, 3.05) is 6.54 Å². The summed E-state index contributed by atoms with van der Waals surface area (Å²) in [7, 11) is 0. The fourth-order valence-electron chi connectivity index (χ4n) is 1.49. The van der Waals surface area contributed by atoms with Crippen LogP contribution in [-0.2, 0) is 0 Å². The van der Waals surface area contributed by atoms with E-state index in [0.29, 0.717) is 0 Å². The zero-order valence-corrected chi connectivity index (χ0v) is 9.51. The molecule has 0 radical (unpaired) electrons. The van der Waals surface area contributed by atoms with E-state index in [2.05, 4.69) is 40.1 Å². The molecule has 0 amide bonds. The molecule has 0 saturated heterocycles. The minimum atomic E-state index is 0.907. The van der Waals surface area contributed by atoms with E-state index in [0.717, 1.165) is 6.54 Å².